The van der Waals surface area contributed by atoms with E-state index in [1.54, 1.807) is 24.3 Å². The summed E-state index contributed by atoms with van der Waals surface area (Å²) in [6.07, 6.45) is 1.18. The number of anilines is 2. The molecule has 2 aromatic rings. The van der Waals surface area contributed by atoms with Gasteiger partial charge in [-0.3, -0.25) is 19.3 Å². The smallest absolute Gasteiger partial charge is 0.277 e. The zero-order valence-corrected chi connectivity index (χ0v) is 15.7. The Balaban J connectivity index is 1.76. The third-order valence-electron chi connectivity index (χ3n) is 4.46. The Morgan fingerprint density at radius 1 is 1.07 bits per heavy atom. The van der Waals surface area contributed by atoms with E-state index in [1.807, 2.05) is 32.0 Å². The molecular weight excluding hydrogens is 358 g/mol. The number of nitrogens with zero attached hydrogens (tertiary/aromatic N) is 1. The molecule has 0 saturated heterocycles. The third kappa shape index (κ3) is 3.94. The molecule has 3 amide bonds. The summed E-state index contributed by atoms with van der Waals surface area (Å²) in [6.45, 7) is 3.49. The summed E-state index contributed by atoms with van der Waals surface area (Å²) < 4.78 is 0. The van der Waals surface area contributed by atoms with Gasteiger partial charge in [-0.1, -0.05) is 24.3 Å². The number of imide groups is 1. The Bertz CT molecular complexity index is 961. The third-order valence-corrected chi connectivity index (χ3v) is 4.46. The average Bonchev–Trinajstić information content (AvgIpc) is 2.93. The highest BCUT2D eigenvalue weighted by molar-refractivity contribution is 6.17. The number of aliphatic hydroxyl groups is 1. The average molecular weight is 379 g/mol. The van der Waals surface area contributed by atoms with E-state index in [-0.39, 0.29) is 24.8 Å². The van der Waals surface area contributed by atoms with Gasteiger partial charge in [-0.05, 0) is 43.2 Å². The number of β-amino-alcohol motifs (C(OH)–C–C–N with tert-alkyl or cyclic N) is 1. The van der Waals surface area contributed by atoms with Crippen molar-refractivity contribution in [2.45, 2.75) is 13.8 Å². The monoisotopic (exact) mass is 379 g/mol. The number of para-hydroxylation sites is 1. The molecule has 1 heterocycles. The quantitative estimate of drug-likeness (QED) is 0.669. The van der Waals surface area contributed by atoms with Crippen LogP contribution in [-0.2, 0) is 9.59 Å². The molecule has 0 aromatic heterocycles. The lowest BCUT2D eigenvalue weighted by molar-refractivity contribution is -0.137. The van der Waals surface area contributed by atoms with Gasteiger partial charge in [0, 0.05) is 23.0 Å². The lowest BCUT2D eigenvalue weighted by Crippen LogP contribution is -2.34. The van der Waals surface area contributed by atoms with E-state index in [2.05, 4.69) is 10.6 Å². The summed E-state index contributed by atoms with van der Waals surface area (Å²) in [7, 11) is 0. The fraction of sp³-hybridized carbons (Fsp3) is 0.190. The SMILES string of the molecule is Cc1cccc(C)c1NC(=O)c1cccc(NC2=CC(=O)N(CCO)C2=O)c1. The number of aliphatic hydroxyl groups excluding tert-OH is 1. The Hall–Kier alpha value is -3.45. The van der Waals surface area contributed by atoms with Crippen LogP contribution < -0.4 is 10.6 Å². The van der Waals surface area contributed by atoms with Crippen LogP contribution in [-0.4, -0.2) is 40.9 Å². The number of nitrogens with one attached hydrogen (secondary N) is 2. The van der Waals surface area contributed by atoms with Crippen LogP contribution in [0.1, 0.15) is 21.5 Å². The van der Waals surface area contributed by atoms with Crippen molar-refractivity contribution < 1.29 is 19.5 Å². The van der Waals surface area contributed by atoms with Gasteiger partial charge in [-0.25, -0.2) is 0 Å². The van der Waals surface area contributed by atoms with Crippen molar-refractivity contribution >= 4 is 29.1 Å². The van der Waals surface area contributed by atoms with Gasteiger partial charge in [-0.15, -0.1) is 0 Å². The van der Waals surface area contributed by atoms with Crippen LogP contribution >= 0.6 is 0 Å². The van der Waals surface area contributed by atoms with Crippen LogP contribution in [0.2, 0.25) is 0 Å². The minimum absolute atomic E-state index is 0.0580. The van der Waals surface area contributed by atoms with E-state index in [1.165, 1.54) is 6.08 Å². The van der Waals surface area contributed by atoms with Gasteiger partial charge in [-0.2, -0.15) is 0 Å². The molecule has 0 spiro atoms. The number of carbonyl (C=O) groups is 3. The van der Waals surface area contributed by atoms with Crippen molar-refractivity contribution in [3.8, 4) is 0 Å². The first-order valence-corrected chi connectivity index (χ1v) is 8.83. The van der Waals surface area contributed by atoms with Crippen molar-refractivity contribution in [2.24, 2.45) is 0 Å². The molecule has 144 valence electrons. The van der Waals surface area contributed by atoms with E-state index < -0.39 is 11.8 Å². The van der Waals surface area contributed by atoms with Gasteiger partial charge in [0.15, 0.2) is 0 Å². The van der Waals surface area contributed by atoms with Gasteiger partial charge in [0.05, 0.1) is 13.2 Å². The molecule has 0 aliphatic carbocycles. The summed E-state index contributed by atoms with van der Waals surface area (Å²) in [6, 6.07) is 12.4. The number of rotatable bonds is 6. The largest absolute Gasteiger partial charge is 0.395 e. The van der Waals surface area contributed by atoms with Crippen molar-refractivity contribution in [3.05, 3.63) is 70.9 Å². The zero-order valence-electron chi connectivity index (χ0n) is 15.7. The molecule has 0 fully saturated rings. The van der Waals surface area contributed by atoms with Gasteiger partial charge in [0.1, 0.15) is 5.70 Å². The molecule has 0 radical (unpaired) electrons. The second-order valence-electron chi connectivity index (χ2n) is 6.50. The van der Waals surface area contributed by atoms with Crippen LogP contribution in [0, 0.1) is 13.8 Å². The van der Waals surface area contributed by atoms with Crippen molar-refractivity contribution in [1.29, 1.82) is 0 Å². The summed E-state index contributed by atoms with van der Waals surface area (Å²) in [5.41, 5.74) is 3.72. The molecule has 1 aliphatic heterocycles. The van der Waals surface area contributed by atoms with Crippen molar-refractivity contribution in [2.75, 3.05) is 23.8 Å². The Morgan fingerprint density at radius 3 is 2.43 bits per heavy atom. The number of aryl methyl sites for hydroxylation is 2. The molecule has 28 heavy (non-hydrogen) atoms. The maximum absolute atomic E-state index is 12.7. The maximum atomic E-state index is 12.7. The van der Waals surface area contributed by atoms with E-state index >= 15 is 0 Å². The fourth-order valence-corrected chi connectivity index (χ4v) is 3.00. The molecular formula is C21H21N3O4. The van der Waals surface area contributed by atoms with Gasteiger partial charge >= 0.3 is 0 Å². The number of amides is 3. The second-order valence-corrected chi connectivity index (χ2v) is 6.50. The summed E-state index contributed by atoms with van der Waals surface area (Å²) in [5, 5.41) is 14.8. The standard InChI is InChI=1S/C21H21N3O4/c1-13-5-3-6-14(2)19(13)23-20(27)15-7-4-8-16(11-15)22-17-12-18(26)24(9-10-25)21(17)28/h3-8,11-12,22,25H,9-10H2,1-2H3,(H,23,27). The van der Waals surface area contributed by atoms with Crippen molar-refractivity contribution in [3.63, 3.8) is 0 Å². The summed E-state index contributed by atoms with van der Waals surface area (Å²) in [5.74, 6) is -1.26. The first kappa shape index (κ1) is 19.3. The highest BCUT2D eigenvalue weighted by Gasteiger charge is 2.30. The van der Waals surface area contributed by atoms with E-state index in [0.717, 1.165) is 21.7 Å². The lowest BCUT2D eigenvalue weighted by atomic mass is 10.1. The number of benzene rings is 2. The van der Waals surface area contributed by atoms with E-state index in [0.29, 0.717) is 11.3 Å². The van der Waals surface area contributed by atoms with E-state index in [9.17, 15) is 14.4 Å². The first-order valence-electron chi connectivity index (χ1n) is 8.83. The Morgan fingerprint density at radius 2 is 1.75 bits per heavy atom. The van der Waals surface area contributed by atoms with Crippen molar-refractivity contribution in [1.82, 2.24) is 4.90 Å². The molecule has 0 bridgehead atoms. The van der Waals surface area contributed by atoms with Crippen LogP contribution in [0.25, 0.3) is 0 Å². The highest BCUT2D eigenvalue weighted by Crippen LogP contribution is 2.22. The lowest BCUT2D eigenvalue weighted by Gasteiger charge is -2.14. The maximum Gasteiger partial charge on any atom is 0.277 e. The molecule has 7 heteroatoms. The Labute approximate surface area is 162 Å². The summed E-state index contributed by atoms with van der Waals surface area (Å²) >= 11 is 0. The molecule has 0 atom stereocenters. The predicted octanol–water partition coefficient (Wildman–Crippen LogP) is 2.21. The molecule has 3 N–H and O–H groups in total. The Kier molecular flexibility index (Phi) is 5.56. The van der Waals surface area contributed by atoms with Gasteiger partial charge in [0.2, 0.25) is 0 Å². The number of hydrogen-bond acceptors (Lipinski definition) is 5. The summed E-state index contributed by atoms with van der Waals surface area (Å²) in [4.78, 5) is 37.7. The molecule has 7 nitrogen and oxygen atoms in total. The van der Waals surface area contributed by atoms with Crippen LogP contribution in [0.3, 0.4) is 0 Å². The fourth-order valence-electron chi connectivity index (χ4n) is 3.00. The number of hydrogen-bond donors (Lipinski definition) is 3. The molecule has 1 aliphatic rings. The van der Waals surface area contributed by atoms with Gasteiger partial charge in [0.25, 0.3) is 17.7 Å². The molecule has 0 saturated carbocycles. The number of carbonyl (C=O) groups excluding carboxylic acids is 3. The molecule has 0 unspecified atom stereocenters. The van der Waals surface area contributed by atoms with Crippen LogP contribution in [0.4, 0.5) is 11.4 Å². The van der Waals surface area contributed by atoms with Gasteiger partial charge < -0.3 is 15.7 Å². The highest BCUT2D eigenvalue weighted by atomic mass is 16.3. The second kappa shape index (κ2) is 8.06. The zero-order chi connectivity index (χ0) is 20.3. The van der Waals surface area contributed by atoms with Crippen LogP contribution in [0.5, 0.6) is 0 Å². The molecule has 3 rings (SSSR count). The topological polar surface area (TPSA) is 98.7 Å². The van der Waals surface area contributed by atoms with Crippen LogP contribution in [0.15, 0.2) is 54.2 Å². The minimum Gasteiger partial charge on any atom is -0.395 e. The predicted molar refractivity (Wildman–Crippen MR) is 106 cm³/mol. The van der Waals surface area contributed by atoms with E-state index in [4.69, 9.17) is 5.11 Å². The first-order chi connectivity index (χ1) is 13.4. The minimum atomic E-state index is -0.510. The molecule has 2 aromatic carbocycles. The normalized spacial score (nSPS) is 13.5.